The summed E-state index contributed by atoms with van der Waals surface area (Å²) in [6, 6.07) is 0. The minimum absolute atomic E-state index is 0.0239. The van der Waals surface area contributed by atoms with Gasteiger partial charge in [0.1, 0.15) is 0 Å². The zero-order chi connectivity index (χ0) is 7.61. The van der Waals surface area contributed by atoms with Gasteiger partial charge in [-0.1, -0.05) is 0 Å². The van der Waals surface area contributed by atoms with E-state index in [0.29, 0.717) is 0 Å². The molecule has 1 saturated heterocycles. The van der Waals surface area contributed by atoms with Crippen molar-refractivity contribution < 1.29 is 17.9 Å². The van der Waals surface area contributed by atoms with Crippen LogP contribution in [0.15, 0.2) is 0 Å². The van der Waals surface area contributed by atoms with Crippen molar-refractivity contribution in [2.24, 2.45) is 0 Å². The summed E-state index contributed by atoms with van der Waals surface area (Å²) in [5.41, 5.74) is 0. The molecule has 0 amide bonds. The molecule has 1 atom stereocenters. The van der Waals surface area contributed by atoms with Gasteiger partial charge < -0.3 is 9.29 Å². The van der Waals surface area contributed by atoms with Crippen LogP contribution in [-0.2, 0) is 15.8 Å². The molecule has 1 rings (SSSR count). The van der Waals surface area contributed by atoms with Crippen LogP contribution in [0.25, 0.3) is 0 Å². The van der Waals surface area contributed by atoms with E-state index in [2.05, 4.69) is 0 Å². The second-order valence-electron chi connectivity index (χ2n) is 2.24. The second kappa shape index (κ2) is 2.94. The van der Waals surface area contributed by atoms with E-state index in [0.717, 1.165) is 0 Å². The summed E-state index contributed by atoms with van der Waals surface area (Å²) < 4.78 is 36.7. The monoisotopic (exact) mass is 168 g/mol. The first-order valence-electron chi connectivity index (χ1n) is 3.03. The van der Waals surface area contributed by atoms with Crippen molar-refractivity contribution in [2.45, 2.75) is 17.8 Å². The van der Waals surface area contributed by atoms with Gasteiger partial charge in [-0.2, -0.15) is 0 Å². The molecule has 0 aromatic carbocycles. The van der Waals surface area contributed by atoms with Gasteiger partial charge in [-0.25, -0.2) is 8.60 Å². The molecule has 0 aromatic rings. The predicted octanol–water partition coefficient (Wildman–Crippen LogP) is 0.684. The van der Waals surface area contributed by atoms with Crippen LogP contribution >= 0.6 is 0 Å². The van der Waals surface area contributed by atoms with Crippen molar-refractivity contribution in [2.75, 3.05) is 13.2 Å². The predicted molar refractivity (Wildman–Crippen MR) is 34.7 cm³/mol. The normalized spacial score (nSPS) is 27.8. The molecule has 0 saturated carbocycles. The van der Waals surface area contributed by atoms with Gasteiger partial charge in [-0.05, 0) is 0 Å². The minimum Gasteiger partial charge on any atom is -0.381 e. The lowest BCUT2D eigenvalue weighted by Gasteiger charge is -2.25. The van der Waals surface area contributed by atoms with Crippen molar-refractivity contribution in [3.8, 4) is 0 Å². The van der Waals surface area contributed by atoms with E-state index in [-0.39, 0.29) is 26.1 Å². The van der Waals surface area contributed by atoms with Gasteiger partial charge in [0.2, 0.25) is 5.00 Å². The summed E-state index contributed by atoms with van der Waals surface area (Å²) in [5, 5.41) is -1.92. The van der Waals surface area contributed by atoms with Crippen LogP contribution in [0.3, 0.4) is 0 Å². The van der Waals surface area contributed by atoms with Crippen LogP contribution in [0.2, 0.25) is 0 Å². The Morgan fingerprint density at radius 2 is 2.00 bits per heavy atom. The van der Waals surface area contributed by atoms with E-state index in [1.54, 1.807) is 0 Å². The zero-order valence-electron chi connectivity index (χ0n) is 5.38. The number of halogens is 1. The lowest BCUT2D eigenvalue weighted by Crippen LogP contribution is -2.35. The fourth-order valence-electron chi connectivity index (χ4n) is 0.851. The van der Waals surface area contributed by atoms with Crippen LogP contribution in [0, 0.1) is 0 Å². The maximum Gasteiger partial charge on any atom is 0.214 e. The van der Waals surface area contributed by atoms with Crippen LogP contribution in [0.1, 0.15) is 12.8 Å². The molecule has 1 fully saturated rings. The highest BCUT2D eigenvalue weighted by atomic mass is 32.2. The minimum atomic E-state index is -2.36. The maximum atomic E-state index is 13.1. The lowest BCUT2D eigenvalue weighted by molar-refractivity contribution is 0.0318. The Labute approximate surface area is 60.8 Å². The lowest BCUT2D eigenvalue weighted by atomic mass is 10.2. The van der Waals surface area contributed by atoms with Crippen LogP contribution in [0.5, 0.6) is 0 Å². The zero-order valence-corrected chi connectivity index (χ0v) is 6.19. The molecular weight excluding hydrogens is 159 g/mol. The molecule has 0 radical (unpaired) electrons. The largest absolute Gasteiger partial charge is 0.381 e. The van der Waals surface area contributed by atoms with E-state index in [1.807, 2.05) is 0 Å². The van der Waals surface area contributed by atoms with E-state index in [4.69, 9.17) is 9.29 Å². The van der Waals surface area contributed by atoms with Crippen molar-refractivity contribution in [3.63, 3.8) is 0 Å². The van der Waals surface area contributed by atoms with Gasteiger partial charge in [0, 0.05) is 12.8 Å². The number of ether oxygens (including phenoxy) is 1. The van der Waals surface area contributed by atoms with Crippen molar-refractivity contribution in [1.82, 2.24) is 0 Å². The molecule has 0 bridgehead atoms. The number of alkyl halides is 1. The third-order valence-electron chi connectivity index (χ3n) is 1.55. The van der Waals surface area contributed by atoms with Gasteiger partial charge in [0.15, 0.2) is 11.1 Å². The van der Waals surface area contributed by atoms with E-state index in [9.17, 15) is 8.60 Å². The van der Waals surface area contributed by atoms with Gasteiger partial charge >= 0.3 is 0 Å². The molecule has 1 aliphatic rings. The molecule has 10 heavy (non-hydrogen) atoms. The maximum absolute atomic E-state index is 13.1. The Hall–Kier alpha value is -0.0000000000000000486. The Morgan fingerprint density at radius 1 is 1.50 bits per heavy atom. The fourth-order valence-corrected chi connectivity index (χ4v) is 1.37. The first-order valence-corrected chi connectivity index (χ1v) is 4.13. The Morgan fingerprint density at radius 3 is 2.30 bits per heavy atom. The van der Waals surface area contributed by atoms with Crippen molar-refractivity contribution in [3.05, 3.63) is 0 Å². The average Bonchev–Trinajstić information content (AvgIpc) is 1.89. The Bertz CT molecular complexity index is 144. The quantitative estimate of drug-likeness (QED) is 0.586. The summed E-state index contributed by atoms with van der Waals surface area (Å²) in [6.45, 7) is 0.478. The second-order valence-corrected chi connectivity index (χ2v) is 3.47. The summed E-state index contributed by atoms with van der Waals surface area (Å²) in [6.07, 6.45) is 0.0478. The van der Waals surface area contributed by atoms with E-state index < -0.39 is 16.1 Å². The molecule has 0 aliphatic carbocycles. The van der Waals surface area contributed by atoms with E-state index >= 15 is 0 Å². The molecule has 5 heteroatoms. The highest BCUT2D eigenvalue weighted by Crippen LogP contribution is 2.27. The molecular formula is C5H9FO3S. The highest BCUT2D eigenvalue weighted by Gasteiger charge is 2.38. The molecule has 0 aromatic heterocycles. The molecule has 0 spiro atoms. The molecule has 1 unspecified atom stereocenters. The fraction of sp³-hybridized carbons (Fsp3) is 1.00. The number of hydrogen-bond acceptors (Lipinski definition) is 2. The van der Waals surface area contributed by atoms with Crippen LogP contribution in [0.4, 0.5) is 4.39 Å². The summed E-state index contributed by atoms with van der Waals surface area (Å²) >= 11 is -2.36. The van der Waals surface area contributed by atoms with Gasteiger partial charge in [0.25, 0.3) is 0 Å². The first-order chi connectivity index (χ1) is 4.65. The molecule has 60 valence electrons. The number of hydrogen-bond donors (Lipinski definition) is 1. The topological polar surface area (TPSA) is 46.5 Å². The smallest absolute Gasteiger partial charge is 0.214 e. The van der Waals surface area contributed by atoms with Gasteiger partial charge in [-0.3, -0.25) is 0 Å². The van der Waals surface area contributed by atoms with Gasteiger partial charge in [0.05, 0.1) is 13.2 Å². The Balaban J connectivity index is 2.56. The van der Waals surface area contributed by atoms with Crippen molar-refractivity contribution in [1.29, 1.82) is 0 Å². The Kier molecular flexibility index (Phi) is 2.38. The summed E-state index contributed by atoms with van der Waals surface area (Å²) in [5.74, 6) is 0. The number of rotatable bonds is 1. The van der Waals surface area contributed by atoms with Crippen LogP contribution in [-0.4, -0.2) is 27.0 Å². The summed E-state index contributed by atoms with van der Waals surface area (Å²) in [7, 11) is 0. The summed E-state index contributed by atoms with van der Waals surface area (Å²) in [4.78, 5) is 0. The third kappa shape index (κ3) is 1.53. The first kappa shape index (κ1) is 8.10. The standard InChI is InChI=1S/C5H9FO3S/c6-5(10(7)8)1-3-9-4-2-5/h1-4H2,(H,7,8). The SMILES string of the molecule is O=S(O)C1(F)CCOCC1. The molecule has 1 N–H and O–H groups in total. The van der Waals surface area contributed by atoms with Crippen LogP contribution < -0.4 is 0 Å². The molecule has 3 nitrogen and oxygen atoms in total. The average molecular weight is 168 g/mol. The van der Waals surface area contributed by atoms with Gasteiger partial charge in [-0.15, -0.1) is 0 Å². The van der Waals surface area contributed by atoms with E-state index in [1.165, 1.54) is 0 Å². The van der Waals surface area contributed by atoms with Crippen molar-refractivity contribution >= 4 is 11.1 Å². The molecule has 1 aliphatic heterocycles. The molecule has 1 heterocycles. The third-order valence-corrected chi connectivity index (χ3v) is 2.59. The highest BCUT2D eigenvalue weighted by molar-refractivity contribution is 7.80.